The quantitative estimate of drug-likeness (QED) is 0.161. The molecule has 1 aromatic heterocycles. The summed E-state index contributed by atoms with van der Waals surface area (Å²) in [5, 5.41) is 1.39. The average Bonchev–Trinajstić information content (AvgIpc) is 3.04. The lowest BCUT2D eigenvalue weighted by Crippen LogP contribution is -2.07. The molecule has 0 amide bonds. The van der Waals surface area contributed by atoms with Gasteiger partial charge < -0.3 is 23.7 Å². The van der Waals surface area contributed by atoms with Crippen molar-refractivity contribution in [3.8, 4) is 28.7 Å². The molecule has 0 fully saturated rings. The molecule has 0 atom stereocenters. The number of benzene rings is 3. The summed E-state index contributed by atoms with van der Waals surface area (Å²) in [6.07, 6.45) is 4.08. The van der Waals surface area contributed by atoms with Crippen molar-refractivity contribution >= 4 is 16.6 Å². The maximum Gasteiger partial charge on any atom is 0.203 e. The molecule has 41 heavy (non-hydrogen) atoms. The molecule has 0 aliphatic rings. The molecular formula is C34H43NO6. The summed E-state index contributed by atoms with van der Waals surface area (Å²) >= 11 is 0. The zero-order valence-corrected chi connectivity index (χ0v) is 25.6. The Kier molecular flexibility index (Phi) is 14.0. The normalized spacial score (nSPS) is 9.95. The average molecular weight is 562 g/mol. The second-order valence-electron chi connectivity index (χ2n) is 8.27. The molecule has 1 heterocycles. The standard InChI is InChI=1S/C30H31NO6.2C2H6/c1-5-14-36-30-26(33-3)15-21(16-27(30)34-4)28(32)23-17-31-18-24-22(23)12-13-25(35-6-2)29(24)37-19-20-10-8-7-9-11-20;2*1-2/h7-13,15-18H,5-6,14,19H2,1-4H3;2*1-2H3. The fourth-order valence-electron chi connectivity index (χ4n) is 4.04. The number of hydrogen-bond acceptors (Lipinski definition) is 7. The van der Waals surface area contributed by atoms with Crippen molar-refractivity contribution in [3.63, 3.8) is 0 Å². The Balaban J connectivity index is 0.00000141. The highest BCUT2D eigenvalue weighted by Gasteiger charge is 2.22. The van der Waals surface area contributed by atoms with Gasteiger partial charge in [-0.1, -0.05) is 65.0 Å². The molecule has 4 aromatic rings. The van der Waals surface area contributed by atoms with Gasteiger partial charge in [-0.15, -0.1) is 0 Å². The van der Waals surface area contributed by atoms with Crippen LogP contribution in [-0.4, -0.2) is 38.2 Å². The van der Waals surface area contributed by atoms with E-state index in [4.69, 9.17) is 23.7 Å². The number of hydrogen-bond donors (Lipinski definition) is 0. The fraction of sp³-hybridized carbons (Fsp3) is 0.353. The molecule has 0 bridgehead atoms. The Morgan fingerprint density at radius 2 is 1.39 bits per heavy atom. The highest BCUT2D eigenvalue weighted by Crippen LogP contribution is 2.41. The molecule has 0 N–H and O–H groups in total. The van der Waals surface area contributed by atoms with Crippen molar-refractivity contribution in [1.82, 2.24) is 4.98 Å². The second-order valence-corrected chi connectivity index (χ2v) is 8.27. The minimum absolute atomic E-state index is 0.227. The topological polar surface area (TPSA) is 76.1 Å². The van der Waals surface area contributed by atoms with Gasteiger partial charge in [0.2, 0.25) is 5.75 Å². The van der Waals surface area contributed by atoms with Gasteiger partial charge in [0.15, 0.2) is 28.8 Å². The predicted molar refractivity (Wildman–Crippen MR) is 165 cm³/mol. The van der Waals surface area contributed by atoms with Crippen molar-refractivity contribution in [3.05, 3.63) is 83.7 Å². The lowest BCUT2D eigenvalue weighted by Gasteiger charge is -2.17. The van der Waals surface area contributed by atoms with Gasteiger partial charge >= 0.3 is 0 Å². The lowest BCUT2D eigenvalue weighted by molar-refractivity contribution is 0.103. The number of fused-ring (bicyclic) bond motifs is 1. The summed E-state index contributed by atoms with van der Waals surface area (Å²) in [7, 11) is 3.07. The molecule has 7 heteroatoms. The van der Waals surface area contributed by atoms with E-state index in [9.17, 15) is 4.79 Å². The van der Waals surface area contributed by atoms with Crippen LogP contribution in [0.3, 0.4) is 0 Å². The Bertz CT molecular complexity index is 1350. The first-order valence-corrected chi connectivity index (χ1v) is 14.2. The van der Waals surface area contributed by atoms with Crippen LogP contribution in [0.2, 0.25) is 0 Å². The number of methoxy groups -OCH3 is 2. The van der Waals surface area contributed by atoms with E-state index in [2.05, 4.69) is 4.98 Å². The van der Waals surface area contributed by atoms with Gasteiger partial charge in [-0.25, -0.2) is 0 Å². The van der Waals surface area contributed by atoms with Crippen molar-refractivity contribution in [2.24, 2.45) is 0 Å². The predicted octanol–water partition coefficient (Wildman–Crippen LogP) is 8.30. The van der Waals surface area contributed by atoms with Crippen LogP contribution in [0.15, 0.2) is 67.0 Å². The minimum atomic E-state index is -0.227. The van der Waals surface area contributed by atoms with E-state index in [0.717, 1.165) is 12.0 Å². The zero-order valence-electron chi connectivity index (χ0n) is 25.6. The molecule has 0 unspecified atom stereocenters. The number of carbonyl (C=O) groups excluding carboxylic acids is 1. The summed E-state index contributed by atoms with van der Waals surface area (Å²) in [5.74, 6) is 2.24. The van der Waals surface area contributed by atoms with Crippen LogP contribution in [0.1, 0.15) is 69.4 Å². The maximum absolute atomic E-state index is 13.8. The number of rotatable bonds is 12. The SMILES string of the molecule is CC.CC.CCCOc1c(OC)cc(C(=O)c2cncc3c(OCc4ccccc4)c(OCC)ccc23)cc1OC. The number of nitrogens with zero attached hydrogens (tertiary/aromatic N) is 1. The van der Waals surface area contributed by atoms with Gasteiger partial charge in [0.1, 0.15) is 6.61 Å². The molecule has 0 aliphatic carbocycles. The van der Waals surface area contributed by atoms with Crippen molar-refractivity contribution in [2.45, 2.75) is 54.6 Å². The summed E-state index contributed by atoms with van der Waals surface area (Å²) < 4.78 is 28.9. The van der Waals surface area contributed by atoms with Crippen molar-refractivity contribution in [1.29, 1.82) is 0 Å². The minimum Gasteiger partial charge on any atom is -0.493 e. The van der Waals surface area contributed by atoms with E-state index < -0.39 is 0 Å². The second kappa shape index (κ2) is 17.4. The van der Waals surface area contributed by atoms with E-state index in [1.165, 1.54) is 14.2 Å². The first-order chi connectivity index (χ1) is 20.1. The van der Waals surface area contributed by atoms with E-state index in [1.54, 1.807) is 24.5 Å². The summed E-state index contributed by atoms with van der Waals surface area (Å²) in [5.41, 5.74) is 1.84. The third kappa shape index (κ3) is 8.13. The van der Waals surface area contributed by atoms with Crippen molar-refractivity contribution in [2.75, 3.05) is 27.4 Å². The van der Waals surface area contributed by atoms with Gasteiger partial charge in [0, 0.05) is 28.9 Å². The molecule has 4 rings (SSSR count). The maximum atomic E-state index is 13.8. The Morgan fingerprint density at radius 1 is 0.732 bits per heavy atom. The monoisotopic (exact) mass is 561 g/mol. The van der Waals surface area contributed by atoms with E-state index in [0.29, 0.717) is 70.5 Å². The molecule has 0 aliphatic heterocycles. The molecule has 220 valence electrons. The lowest BCUT2D eigenvalue weighted by atomic mass is 9.98. The molecule has 7 nitrogen and oxygen atoms in total. The van der Waals surface area contributed by atoms with E-state index in [-0.39, 0.29) is 5.78 Å². The third-order valence-corrected chi connectivity index (χ3v) is 5.80. The van der Waals surface area contributed by atoms with Crippen molar-refractivity contribution < 1.29 is 28.5 Å². The van der Waals surface area contributed by atoms with Crippen LogP contribution in [0, 0.1) is 0 Å². The van der Waals surface area contributed by atoms with Crippen LogP contribution >= 0.6 is 0 Å². The molecule has 0 saturated carbocycles. The van der Waals surface area contributed by atoms with Gasteiger partial charge in [-0.2, -0.15) is 0 Å². The van der Waals surface area contributed by atoms with Crippen LogP contribution in [0.5, 0.6) is 28.7 Å². The molecule has 0 spiro atoms. The highest BCUT2D eigenvalue weighted by molar-refractivity contribution is 6.17. The largest absolute Gasteiger partial charge is 0.493 e. The number of carbonyl (C=O) groups is 1. The number of pyridine rings is 1. The van der Waals surface area contributed by atoms with Gasteiger partial charge in [-0.05, 0) is 48.6 Å². The van der Waals surface area contributed by atoms with Crippen LogP contribution in [0.4, 0.5) is 0 Å². The zero-order chi connectivity index (χ0) is 30.2. The number of ketones is 1. The smallest absolute Gasteiger partial charge is 0.203 e. The van der Waals surface area contributed by atoms with Gasteiger partial charge in [0.05, 0.1) is 27.4 Å². The van der Waals surface area contributed by atoms with Crippen LogP contribution in [-0.2, 0) is 6.61 Å². The number of ether oxygens (including phenoxy) is 5. The third-order valence-electron chi connectivity index (χ3n) is 5.80. The summed E-state index contributed by atoms with van der Waals surface area (Å²) in [6.45, 7) is 13.3. The molecule has 3 aromatic carbocycles. The molecular weight excluding hydrogens is 518 g/mol. The van der Waals surface area contributed by atoms with E-state index in [1.807, 2.05) is 84.0 Å². The van der Waals surface area contributed by atoms with E-state index >= 15 is 0 Å². The van der Waals surface area contributed by atoms with Crippen LogP contribution < -0.4 is 23.7 Å². The Hall–Kier alpha value is -4.26. The fourth-order valence-corrected chi connectivity index (χ4v) is 4.04. The Labute approximate surface area is 244 Å². The van der Waals surface area contributed by atoms with Gasteiger partial charge in [0.25, 0.3) is 0 Å². The van der Waals surface area contributed by atoms with Crippen LogP contribution in [0.25, 0.3) is 10.8 Å². The first-order valence-electron chi connectivity index (χ1n) is 14.2. The Morgan fingerprint density at radius 3 is 1.98 bits per heavy atom. The summed E-state index contributed by atoms with van der Waals surface area (Å²) in [6, 6.07) is 16.9. The number of aromatic nitrogens is 1. The summed E-state index contributed by atoms with van der Waals surface area (Å²) in [4.78, 5) is 18.1. The molecule has 0 saturated heterocycles. The first kappa shape index (κ1) is 32.9. The highest BCUT2D eigenvalue weighted by atomic mass is 16.5. The molecule has 0 radical (unpaired) electrons. The van der Waals surface area contributed by atoms with Gasteiger partial charge in [-0.3, -0.25) is 9.78 Å².